The average Bonchev–Trinajstić information content (AvgIpc) is 2.69. The number of hydrogen-bond donors (Lipinski definition) is 2. The van der Waals surface area contributed by atoms with E-state index in [2.05, 4.69) is 28.7 Å². The summed E-state index contributed by atoms with van der Waals surface area (Å²) >= 11 is 0. The molecule has 1 heterocycles. The zero-order valence-corrected chi connectivity index (χ0v) is 16.4. The fourth-order valence-corrected chi connectivity index (χ4v) is 3.86. The van der Waals surface area contributed by atoms with Gasteiger partial charge in [-0.25, -0.2) is 0 Å². The van der Waals surface area contributed by atoms with Crippen molar-refractivity contribution >= 4 is 0 Å². The molecular formula is C23H32N2O2. The Kier molecular flexibility index (Phi) is 7.20. The maximum atomic E-state index is 6.20. The van der Waals surface area contributed by atoms with Crippen LogP contribution in [0.25, 0.3) is 0 Å². The topological polar surface area (TPSA) is 42.5 Å². The number of hydrogen-bond acceptors (Lipinski definition) is 4. The Morgan fingerprint density at radius 1 is 1.11 bits per heavy atom. The van der Waals surface area contributed by atoms with E-state index < -0.39 is 0 Å². The van der Waals surface area contributed by atoms with Gasteiger partial charge in [0.1, 0.15) is 11.5 Å². The molecule has 2 N–H and O–H groups in total. The lowest BCUT2D eigenvalue weighted by Crippen LogP contribution is -2.65. The molecule has 4 nitrogen and oxygen atoms in total. The van der Waals surface area contributed by atoms with Crippen molar-refractivity contribution in [3.8, 4) is 23.8 Å². The van der Waals surface area contributed by atoms with Crippen molar-refractivity contribution in [3.05, 3.63) is 36.4 Å². The van der Waals surface area contributed by atoms with Gasteiger partial charge in [0.2, 0.25) is 0 Å². The molecule has 1 aromatic carbocycles. The lowest BCUT2D eigenvalue weighted by molar-refractivity contribution is 0.0740. The maximum Gasteiger partial charge on any atom is 0.163 e. The zero-order valence-electron chi connectivity index (χ0n) is 16.4. The highest BCUT2D eigenvalue weighted by molar-refractivity contribution is 5.32. The number of nitrogens with one attached hydrogen (secondary N) is 2. The van der Waals surface area contributed by atoms with Gasteiger partial charge in [0.15, 0.2) is 12.3 Å². The molecule has 2 aliphatic rings. The summed E-state index contributed by atoms with van der Waals surface area (Å²) in [5.74, 6) is 4.16. The SMILES string of the molecule is C#CC(C)Oc1ccc(OC2CNCC3(C/C=C\CCCCCC3)N2)cc1. The van der Waals surface area contributed by atoms with Gasteiger partial charge >= 0.3 is 0 Å². The van der Waals surface area contributed by atoms with Crippen molar-refractivity contribution in [1.82, 2.24) is 10.6 Å². The van der Waals surface area contributed by atoms with Gasteiger partial charge < -0.3 is 14.8 Å². The molecule has 1 aliphatic heterocycles. The highest BCUT2D eigenvalue weighted by Gasteiger charge is 2.35. The van der Waals surface area contributed by atoms with E-state index in [9.17, 15) is 0 Å². The quantitative estimate of drug-likeness (QED) is 0.622. The lowest BCUT2D eigenvalue weighted by Gasteiger charge is -2.42. The minimum atomic E-state index is -0.235. The maximum absolute atomic E-state index is 6.20. The normalized spacial score (nSPS) is 28.7. The molecule has 1 aliphatic carbocycles. The van der Waals surface area contributed by atoms with E-state index in [1.807, 2.05) is 31.2 Å². The number of rotatable bonds is 4. The van der Waals surface area contributed by atoms with Crippen molar-refractivity contribution in [1.29, 1.82) is 0 Å². The van der Waals surface area contributed by atoms with Gasteiger partial charge in [-0.1, -0.05) is 37.3 Å². The Bertz CT molecular complexity index is 649. The van der Waals surface area contributed by atoms with Crippen LogP contribution in [0.4, 0.5) is 0 Å². The second-order valence-corrected chi connectivity index (χ2v) is 7.69. The molecule has 1 fully saturated rings. The van der Waals surface area contributed by atoms with Crippen molar-refractivity contribution in [2.45, 2.75) is 69.7 Å². The van der Waals surface area contributed by atoms with Gasteiger partial charge in [0.05, 0.1) is 0 Å². The Morgan fingerprint density at radius 3 is 2.70 bits per heavy atom. The molecule has 0 aromatic heterocycles. The van der Waals surface area contributed by atoms with Crippen molar-refractivity contribution in [2.24, 2.45) is 0 Å². The van der Waals surface area contributed by atoms with Crippen molar-refractivity contribution in [3.63, 3.8) is 0 Å². The van der Waals surface area contributed by atoms with E-state index in [-0.39, 0.29) is 17.9 Å². The van der Waals surface area contributed by atoms with Crippen LogP contribution in [0, 0.1) is 12.3 Å². The summed E-state index contributed by atoms with van der Waals surface area (Å²) in [6.45, 7) is 3.65. The second kappa shape index (κ2) is 9.82. The minimum Gasteiger partial charge on any atom is -0.478 e. The van der Waals surface area contributed by atoms with E-state index in [1.165, 1.54) is 38.5 Å². The Morgan fingerprint density at radius 2 is 1.89 bits per heavy atom. The summed E-state index contributed by atoms with van der Waals surface area (Å²) in [7, 11) is 0. The molecule has 3 atom stereocenters. The van der Waals surface area contributed by atoms with E-state index in [0.717, 1.165) is 31.0 Å². The summed E-state index contributed by atoms with van der Waals surface area (Å²) in [6, 6.07) is 7.69. The molecule has 1 aromatic rings. The fraction of sp³-hybridized carbons (Fsp3) is 0.565. The van der Waals surface area contributed by atoms with Crippen LogP contribution in [-0.4, -0.2) is 31.0 Å². The smallest absolute Gasteiger partial charge is 0.163 e. The van der Waals surface area contributed by atoms with Gasteiger partial charge in [-0.2, -0.15) is 0 Å². The molecule has 146 valence electrons. The summed E-state index contributed by atoms with van der Waals surface area (Å²) in [5.41, 5.74) is 0.0854. The van der Waals surface area contributed by atoms with Gasteiger partial charge in [-0.05, 0) is 56.9 Å². The van der Waals surface area contributed by atoms with Crippen LogP contribution in [0.15, 0.2) is 36.4 Å². The lowest BCUT2D eigenvalue weighted by atomic mass is 9.85. The Labute approximate surface area is 163 Å². The number of piperazine rings is 1. The third-order valence-electron chi connectivity index (χ3n) is 5.36. The van der Waals surface area contributed by atoms with Crippen LogP contribution in [0.5, 0.6) is 11.5 Å². The third-order valence-corrected chi connectivity index (χ3v) is 5.36. The molecule has 0 amide bonds. The van der Waals surface area contributed by atoms with Crippen LogP contribution in [0.2, 0.25) is 0 Å². The predicted molar refractivity (Wildman–Crippen MR) is 110 cm³/mol. The first-order chi connectivity index (χ1) is 13.2. The monoisotopic (exact) mass is 368 g/mol. The summed E-state index contributed by atoms with van der Waals surface area (Å²) in [6.07, 6.45) is 18.5. The van der Waals surface area contributed by atoms with E-state index >= 15 is 0 Å². The first-order valence-corrected chi connectivity index (χ1v) is 10.2. The van der Waals surface area contributed by atoms with Gasteiger partial charge in [-0.15, -0.1) is 6.42 Å². The van der Waals surface area contributed by atoms with Gasteiger partial charge in [-0.3, -0.25) is 5.32 Å². The Balaban J connectivity index is 1.60. The highest BCUT2D eigenvalue weighted by Crippen LogP contribution is 2.26. The minimum absolute atomic E-state index is 0.0357. The molecule has 1 spiro atoms. The number of terminal acetylenes is 1. The van der Waals surface area contributed by atoms with Crippen LogP contribution in [0.1, 0.15) is 51.9 Å². The zero-order chi connectivity index (χ0) is 19.0. The molecule has 0 bridgehead atoms. The molecule has 3 unspecified atom stereocenters. The fourth-order valence-electron chi connectivity index (χ4n) is 3.86. The first-order valence-electron chi connectivity index (χ1n) is 10.2. The van der Waals surface area contributed by atoms with Gasteiger partial charge in [0, 0.05) is 18.6 Å². The van der Waals surface area contributed by atoms with E-state index in [1.54, 1.807) is 0 Å². The summed E-state index contributed by atoms with van der Waals surface area (Å²) < 4.78 is 11.8. The molecule has 0 saturated carbocycles. The molecule has 4 heteroatoms. The summed E-state index contributed by atoms with van der Waals surface area (Å²) in [5, 5.41) is 7.37. The van der Waals surface area contributed by atoms with Crippen LogP contribution in [-0.2, 0) is 0 Å². The number of allylic oxidation sites excluding steroid dienone is 1. The predicted octanol–water partition coefficient (Wildman–Crippen LogP) is 4.02. The third kappa shape index (κ3) is 6.02. The number of ether oxygens (including phenoxy) is 2. The van der Waals surface area contributed by atoms with Crippen LogP contribution in [0.3, 0.4) is 0 Å². The standard InChI is InChI=1S/C23H32N2O2/c1-3-19(2)26-20-11-13-21(14-12-20)27-22-17-24-18-23(25-22)15-9-7-5-4-6-8-10-16-23/h1,7,9,11-14,19,22,24-25H,4-6,8,10,15-18H2,2H3/b9-7-. The molecule has 0 radical (unpaired) electrons. The highest BCUT2D eigenvalue weighted by atomic mass is 16.5. The Hall–Kier alpha value is -1.96. The summed E-state index contributed by atoms with van der Waals surface area (Å²) in [4.78, 5) is 0. The molecule has 3 rings (SSSR count). The van der Waals surface area contributed by atoms with Gasteiger partial charge in [0.25, 0.3) is 0 Å². The van der Waals surface area contributed by atoms with Crippen molar-refractivity contribution < 1.29 is 9.47 Å². The molecule has 27 heavy (non-hydrogen) atoms. The first kappa shape index (κ1) is 19.8. The second-order valence-electron chi connectivity index (χ2n) is 7.69. The van der Waals surface area contributed by atoms with Crippen molar-refractivity contribution in [2.75, 3.05) is 13.1 Å². The molecular weight excluding hydrogens is 336 g/mol. The van der Waals surface area contributed by atoms with Crippen LogP contribution < -0.4 is 20.1 Å². The average molecular weight is 369 g/mol. The largest absolute Gasteiger partial charge is 0.478 e. The molecule has 1 saturated heterocycles. The number of benzene rings is 1. The van der Waals surface area contributed by atoms with Crippen LogP contribution >= 0.6 is 0 Å². The van der Waals surface area contributed by atoms with E-state index in [0.29, 0.717) is 0 Å². The van der Waals surface area contributed by atoms with E-state index in [4.69, 9.17) is 15.9 Å².